The Hall–Kier alpha value is -3.02. The molecule has 5 nitrogen and oxygen atoms in total. The minimum Gasteiger partial charge on any atom is -0.493 e. The molecule has 2 unspecified atom stereocenters. The summed E-state index contributed by atoms with van der Waals surface area (Å²) in [5.41, 5.74) is 15.7. The quantitative estimate of drug-likeness (QED) is 0.510. The Bertz CT molecular complexity index is 917. The van der Waals surface area contributed by atoms with Crippen LogP contribution in [0.25, 0.3) is 0 Å². The molecule has 4 N–H and O–H groups in total. The predicted molar refractivity (Wildman–Crippen MR) is 116 cm³/mol. The van der Waals surface area contributed by atoms with Crippen molar-refractivity contribution in [2.24, 2.45) is 0 Å². The van der Waals surface area contributed by atoms with E-state index in [9.17, 15) is 0 Å². The van der Waals surface area contributed by atoms with Gasteiger partial charge in [-0.05, 0) is 41.8 Å². The summed E-state index contributed by atoms with van der Waals surface area (Å²) in [6, 6.07) is 26.7. The zero-order chi connectivity index (χ0) is 19.9. The second-order valence-corrected chi connectivity index (χ2v) is 7.31. The van der Waals surface area contributed by atoms with E-state index in [1.807, 2.05) is 42.5 Å². The van der Waals surface area contributed by atoms with Gasteiger partial charge in [0.2, 0.25) is 0 Å². The van der Waals surface area contributed by atoms with Crippen molar-refractivity contribution in [3.63, 3.8) is 0 Å². The number of nitrogens with two attached hydrogens (primary N) is 1. The smallest absolute Gasteiger partial charge is 0.121 e. The first-order valence-electron chi connectivity index (χ1n) is 10.0. The lowest BCUT2D eigenvalue weighted by atomic mass is 10.0. The topological polar surface area (TPSA) is 68.5 Å². The fourth-order valence-corrected chi connectivity index (χ4v) is 3.50. The molecule has 0 aliphatic carbocycles. The summed E-state index contributed by atoms with van der Waals surface area (Å²) < 4.78 is 11.8. The van der Waals surface area contributed by atoms with Gasteiger partial charge >= 0.3 is 0 Å². The molecule has 150 valence electrons. The van der Waals surface area contributed by atoms with Crippen molar-refractivity contribution in [3.05, 3.63) is 90.0 Å². The van der Waals surface area contributed by atoms with Gasteiger partial charge in [-0.2, -0.15) is 0 Å². The van der Waals surface area contributed by atoms with Crippen LogP contribution in [0.1, 0.15) is 23.6 Å². The molecule has 0 radical (unpaired) electrons. The Morgan fingerprint density at radius 2 is 1.62 bits per heavy atom. The van der Waals surface area contributed by atoms with Gasteiger partial charge < -0.3 is 15.2 Å². The van der Waals surface area contributed by atoms with E-state index in [2.05, 4.69) is 47.2 Å². The molecule has 1 fully saturated rings. The third kappa shape index (κ3) is 5.50. The molecule has 5 heteroatoms. The van der Waals surface area contributed by atoms with Gasteiger partial charge in [0.15, 0.2) is 0 Å². The molecule has 0 aromatic heterocycles. The molecule has 4 rings (SSSR count). The molecular formula is C24H27N3O2. The van der Waals surface area contributed by atoms with Crippen LogP contribution in [0.2, 0.25) is 0 Å². The predicted octanol–water partition coefficient (Wildman–Crippen LogP) is 3.88. The van der Waals surface area contributed by atoms with Crippen LogP contribution in [0.4, 0.5) is 5.69 Å². The molecule has 0 saturated carbocycles. The van der Waals surface area contributed by atoms with E-state index in [-0.39, 0.29) is 12.1 Å². The Balaban J connectivity index is 1.27. The zero-order valence-corrected chi connectivity index (χ0v) is 16.4. The molecule has 0 bridgehead atoms. The third-order valence-corrected chi connectivity index (χ3v) is 5.05. The van der Waals surface area contributed by atoms with Gasteiger partial charge in [0.1, 0.15) is 18.1 Å². The first-order valence-corrected chi connectivity index (χ1v) is 10.0. The number of hydrazine groups is 1. The van der Waals surface area contributed by atoms with Crippen LogP contribution >= 0.6 is 0 Å². The largest absolute Gasteiger partial charge is 0.493 e. The summed E-state index contributed by atoms with van der Waals surface area (Å²) in [7, 11) is 0. The second kappa shape index (κ2) is 9.45. The molecule has 0 spiro atoms. The van der Waals surface area contributed by atoms with Gasteiger partial charge in [-0.3, -0.25) is 5.43 Å². The number of hydrogen-bond donors (Lipinski definition) is 3. The summed E-state index contributed by atoms with van der Waals surface area (Å²) in [5, 5.41) is 0. The molecule has 2 atom stereocenters. The van der Waals surface area contributed by atoms with Gasteiger partial charge in [0, 0.05) is 24.2 Å². The Labute approximate surface area is 171 Å². The summed E-state index contributed by atoms with van der Waals surface area (Å²) >= 11 is 0. The number of benzene rings is 3. The number of nitrogens with one attached hydrogen (secondary N) is 2. The summed E-state index contributed by atoms with van der Waals surface area (Å²) in [5.74, 6) is 1.70. The van der Waals surface area contributed by atoms with Crippen LogP contribution in [0, 0.1) is 0 Å². The lowest BCUT2D eigenvalue weighted by molar-refractivity contribution is 0.273. The van der Waals surface area contributed by atoms with E-state index < -0.39 is 0 Å². The minimum absolute atomic E-state index is 0.224. The fraction of sp³-hybridized carbons (Fsp3) is 0.250. The average Bonchev–Trinajstić information content (AvgIpc) is 3.23. The number of rotatable bonds is 8. The molecule has 1 aliphatic heterocycles. The highest BCUT2D eigenvalue weighted by atomic mass is 16.5. The summed E-state index contributed by atoms with van der Waals surface area (Å²) in [6.45, 7) is 1.25. The standard InChI is InChI=1S/C24H27N3O2/c25-20-9-5-11-23(15-20)29-17-21-16-24(27-26-21)19-8-4-10-22(14-19)28-13-12-18-6-2-1-3-7-18/h1-11,14-15,21,24,26-27H,12-13,16-17,25H2. The van der Waals surface area contributed by atoms with Gasteiger partial charge in [-0.25, -0.2) is 5.43 Å². The highest BCUT2D eigenvalue weighted by molar-refractivity contribution is 5.43. The SMILES string of the molecule is Nc1cccc(OCC2CC(c3cccc(OCCc4ccccc4)c3)NN2)c1. The summed E-state index contributed by atoms with van der Waals surface area (Å²) in [4.78, 5) is 0. The number of hydrogen-bond acceptors (Lipinski definition) is 5. The molecule has 1 heterocycles. The number of anilines is 1. The molecule has 3 aromatic rings. The second-order valence-electron chi connectivity index (χ2n) is 7.31. The van der Waals surface area contributed by atoms with Crippen LogP contribution in [0.3, 0.4) is 0 Å². The number of ether oxygens (including phenoxy) is 2. The highest BCUT2D eigenvalue weighted by Gasteiger charge is 2.25. The minimum atomic E-state index is 0.224. The Morgan fingerprint density at radius 3 is 2.45 bits per heavy atom. The van der Waals surface area contributed by atoms with Gasteiger partial charge in [-0.1, -0.05) is 48.5 Å². The van der Waals surface area contributed by atoms with E-state index >= 15 is 0 Å². The van der Waals surface area contributed by atoms with E-state index in [4.69, 9.17) is 15.2 Å². The van der Waals surface area contributed by atoms with Crippen LogP contribution < -0.4 is 26.1 Å². The normalized spacial score (nSPS) is 18.5. The van der Waals surface area contributed by atoms with E-state index in [0.717, 1.165) is 24.3 Å². The van der Waals surface area contributed by atoms with Crippen molar-refractivity contribution in [1.29, 1.82) is 0 Å². The molecule has 1 saturated heterocycles. The van der Waals surface area contributed by atoms with Gasteiger partial charge in [0.25, 0.3) is 0 Å². The molecule has 3 aromatic carbocycles. The Kier molecular flexibility index (Phi) is 6.29. The maximum atomic E-state index is 5.97. The van der Waals surface area contributed by atoms with E-state index in [1.54, 1.807) is 0 Å². The van der Waals surface area contributed by atoms with Gasteiger partial charge in [0.05, 0.1) is 12.6 Å². The van der Waals surface area contributed by atoms with Crippen molar-refractivity contribution in [2.45, 2.75) is 24.9 Å². The molecular weight excluding hydrogens is 362 g/mol. The van der Waals surface area contributed by atoms with Crippen LogP contribution in [0.5, 0.6) is 11.5 Å². The van der Waals surface area contributed by atoms with Crippen molar-refractivity contribution in [2.75, 3.05) is 18.9 Å². The van der Waals surface area contributed by atoms with Crippen LogP contribution in [-0.2, 0) is 6.42 Å². The van der Waals surface area contributed by atoms with E-state index in [0.29, 0.717) is 18.9 Å². The monoisotopic (exact) mass is 389 g/mol. The van der Waals surface area contributed by atoms with Crippen molar-refractivity contribution in [1.82, 2.24) is 10.9 Å². The third-order valence-electron chi connectivity index (χ3n) is 5.05. The average molecular weight is 389 g/mol. The van der Waals surface area contributed by atoms with Gasteiger partial charge in [-0.15, -0.1) is 0 Å². The molecule has 0 amide bonds. The first kappa shape index (κ1) is 19.3. The number of nitrogen functional groups attached to an aromatic ring is 1. The maximum absolute atomic E-state index is 5.97. The Morgan fingerprint density at radius 1 is 0.828 bits per heavy atom. The lowest BCUT2D eigenvalue weighted by Crippen LogP contribution is -2.34. The first-order chi connectivity index (χ1) is 14.3. The summed E-state index contributed by atoms with van der Waals surface area (Å²) in [6.07, 6.45) is 1.84. The maximum Gasteiger partial charge on any atom is 0.121 e. The highest BCUT2D eigenvalue weighted by Crippen LogP contribution is 2.26. The molecule has 29 heavy (non-hydrogen) atoms. The van der Waals surface area contributed by atoms with Crippen molar-refractivity contribution in [3.8, 4) is 11.5 Å². The fourth-order valence-electron chi connectivity index (χ4n) is 3.50. The zero-order valence-electron chi connectivity index (χ0n) is 16.4. The van der Waals surface area contributed by atoms with E-state index in [1.165, 1.54) is 11.1 Å². The molecule has 1 aliphatic rings. The van der Waals surface area contributed by atoms with Crippen LogP contribution in [-0.4, -0.2) is 19.3 Å². The van der Waals surface area contributed by atoms with Crippen molar-refractivity contribution >= 4 is 5.69 Å². The lowest BCUT2D eigenvalue weighted by Gasteiger charge is -2.13. The van der Waals surface area contributed by atoms with Crippen molar-refractivity contribution < 1.29 is 9.47 Å². The van der Waals surface area contributed by atoms with Crippen LogP contribution in [0.15, 0.2) is 78.9 Å².